The second kappa shape index (κ2) is 7.68. The van der Waals surface area contributed by atoms with E-state index in [0.717, 1.165) is 11.1 Å². The minimum Gasteiger partial charge on any atom is -0.374 e. The molecule has 25 heavy (non-hydrogen) atoms. The van der Waals surface area contributed by atoms with E-state index in [-0.39, 0.29) is 0 Å². The molecular formula is C20H14ClN3O. The van der Waals surface area contributed by atoms with Crippen LogP contribution in [0.3, 0.4) is 0 Å². The van der Waals surface area contributed by atoms with Crippen molar-refractivity contribution in [1.82, 2.24) is 9.55 Å². The average molecular weight is 348 g/mol. The van der Waals surface area contributed by atoms with Crippen LogP contribution >= 0.6 is 11.6 Å². The molecule has 3 aromatic rings. The zero-order chi connectivity index (χ0) is 17.6. The number of hydrogen-bond donors (Lipinski definition) is 1. The van der Waals surface area contributed by atoms with Crippen molar-refractivity contribution < 1.29 is 5.11 Å². The van der Waals surface area contributed by atoms with Gasteiger partial charge in [0.15, 0.2) is 11.8 Å². The summed E-state index contributed by atoms with van der Waals surface area (Å²) in [6.45, 7) is 7.53. The van der Waals surface area contributed by atoms with Gasteiger partial charge in [0, 0.05) is 17.1 Å². The number of imidazole rings is 1. The Morgan fingerprint density at radius 3 is 2.76 bits per heavy atom. The number of nitrogens with zero attached hydrogens (tertiary/aromatic N) is 3. The van der Waals surface area contributed by atoms with Crippen molar-refractivity contribution in [2.45, 2.75) is 12.6 Å². The minimum absolute atomic E-state index is 0.545. The molecule has 0 saturated carbocycles. The number of aliphatic hydroxyl groups excluding tert-OH is 1. The maximum Gasteiger partial charge on any atom is 0.187 e. The monoisotopic (exact) mass is 347 g/mol. The van der Waals surface area contributed by atoms with Crippen molar-refractivity contribution in [3.05, 3.63) is 94.3 Å². The summed E-state index contributed by atoms with van der Waals surface area (Å²) in [7, 11) is 0. The lowest BCUT2D eigenvalue weighted by atomic mass is 10.2. The highest BCUT2D eigenvalue weighted by Gasteiger charge is 2.10. The molecule has 0 bridgehead atoms. The fraction of sp³-hybridized carbons (Fsp3) is 0.100. The van der Waals surface area contributed by atoms with E-state index in [4.69, 9.17) is 18.2 Å². The average Bonchev–Trinajstić information content (AvgIpc) is 3.08. The highest BCUT2D eigenvalue weighted by molar-refractivity contribution is 6.30. The van der Waals surface area contributed by atoms with E-state index in [2.05, 4.69) is 21.7 Å². The molecule has 0 radical (unpaired) electrons. The second-order valence-corrected chi connectivity index (χ2v) is 5.84. The Morgan fingerprint density at radius 2 is 2.04 bits per heavy atom. The van der Waals surface area contributed by atoms with Gasteiger partial charge in [-0.25, -0.2) is 9.83 Å². The number of benzene rings is 2. The molecule has 1 heterocycles. The number of aromatic nitrogens is 2. The predicted octanol–water partition coefficient (Wildman–Crippen LogP) is 4.22. The molecule has 122 valence electrons. The Kier molecular flexibility index (Phi) is 5.16. The third kappa shape index (κ3) is 4.28. The molecule has 1 aromatic heterocycles. The van der Waals surface area contributed by atoms with Gasteiger partial charge in [-0.15, -0.1) is 0 Å². The maximum atomic E-state index is 10.4. The molecule has 1 atom stereocenters. The van der Waals surface area contributed by atoms with Crippen LogP contribution in [0, 0.1) is 18.4 Å². The topological polar surface area (TPSA) is 42.4 Å². The number of aliphatic hydroxyl groups is 1. The molecule has 1 unspecified atom stereocenters. The molecule has 2 aromatic carbocycles. The smallest absolute Gasteiger partial charge is 0.187 e. The van der Waals surface area contributed by atoms with Gasteiger partial charge in [0.05, 0.1) is 24.8 Å². The summed E-state index contributed by atoms with van der Waals surface area (Å²) in [5.41, 5.74) is 2.97. The lowest BCUT2D eigenvalue weighted by molar-refractivity contribution is 0.228. The quantitative estimate of drug-likeness (QED) is 0.569. The Morgan fingerprint density at radius 1 is 1.24 bits per heavy atom. The standard InChI is InChI=1S/C20H14ClN3O/c1-22-18-8-5-16(6-9-18)13-24-14-23-12-19(24)20(25)10-7-15-3-2-4-17(21)11-15/h2-6,8-9,11-12,14,20,25H,13H2. The van der Waals surface area contributed by atoms with Gasteiger partial charge in [-0.05, 0) is 23.8 Å². The summed E-state index contributed by atoms with van der Waals surface area (Å²) >= 11 is 5.93. The first-order valence-corrected chi connectivity index (χ1v) is 7.95. The number of rotatable bonds is 3. The van der Waals surface area contributed by atoms with Crippen molar-refractivity contribution >= 4 is 17.3 Å². The SMILES string of the molecule is [C-]#[N+]c1ccc(Cn2cncc2C(O)C#Cc2cccc(Cl)c2)cc1. The van der Waals surface area contributed by atoms with Crippen LogP contribution < -0.4 is 0 Å². The van der Waals surface area contributed by atoms with Crippen molar-refractivity contribution in [3.63, 3.8) is 0 Å². The van der Waals surface area contributed by atoms with E-state index >= 15 is 0 Å². The van der Waals surface area contributed by atoms with Crippen molar-refractivity contribution in [3.8, 4) is 11.8 Å². The highest BCUT2D eigenvalue weighted by Crippen LogP contribution is 2.17. The highest BCUT2D eigenvalue weighted by atomic mass is 35.5. The first-order valence-electron chi connectivity index (χ1n) is 7.57. The molecule has 0 spiro atoms. The van der Waals surface area contributed by atoms with Gasteiger partial charge >= 0.3 is 0 Å². The number of halogens is 1. The van der Waals surface area contributed by atoms with Crippen LogP contribution in [0.1, 0.15) is 22.9 Å². The summed E-state index contributed by atoms with van der Waals surface area (Å²) < 4.78 is 1.84. The van der Waals surface area contributed by atoms with Crippen molar-refractivity contribution in [2.75, 3.05) is 0 Å². The molecule has 5 heteroatoms. The summed E-state index contributed by atoms with van der Waals surface area (Å²) in [5.74, 6) is 5.74. The summed E-state index contributed by atoms with van der Waals surface area (Å²) in [4.78, 5) is 7.48. The summed E-state index contributed by atoms with van der Waals surface area (Å²) in [6.07, 6.45) is 2.30. The van der Waals surface area contributed by atoms with Crippen LogP contribution in [0.4, 0.5) is 5.69 Å². The van der Waals surface area contributed by atoms with Gasteiger partial charge < -0.3 is 9.67 Å². The Hall–Kier alpha value is -3.05. The van der Waals surface area contributed by atoms with Crippen LogP contribution in [0.2, 0.25) is 5.02 Å². The molecule has 0 aliphatic rings. The zero-order valence-corrected chi connectivity index (χ0v) is 14.0. The number of hydrogen-bond acceptors (Lipinski definition) is 2. The largest absolute Gasteiger partial charge is 0.374 e. The van der Waals surface area contributed by atoms with Crippen molar-refractivity contribution in [1.29, 1.82) is 0 Å². The molecular weight excluding hydrogens is 334 g/mol. The Balaban J connectivity index is 1.78. The maximum absolute atomic E-state index is 10.4. The summed E-state index contributed by atoms with van der Waals surface area (Å²) in [5, 5.41) is 11.0. The Labute approximate surface area is 151 Å². The van der Waals surface area contributed by atoms with E-state index < -0.39 is 6.10 Å². The molecule has 0 aliphatic heterocycles. The molecule has 1 N–H and O–H groups in total. The third-order valence-electron chi connectivity index (χ3n) is 3.62. The van der Waals surface area contributed by atoms with Gasteiger partial charge in [0.2, 0.25) is 0 Å². The predicted molar refractivity (Wildman–Crippen MR) is 97.3 cm³/mol. The van der Waals surface area contributed by atoms with Crippen LogP contribution in [0.25, 0.3) is 4.85 Å². The first-order chi connectivity index (χ1) is 12.2. The minimum atomic E-state index is -0.955. The van der Waals surface area contributed by atoms with Crippen molar-refractivity contribution in [2.24, 2.45) is 0 Å². The normalized spacial score (nSPS) is 11.2. The molecule has 4 nitrogen and oxygen atoms in total. The van der Waals surface area contributed by atoms with Crippen LogP contribution in [0.15, 0.2) is 61.1 Å². The van der Waals surface area contributed by atoms with Gasteiger partial charge in [-0.1, -0.05) is 53.8 Å². The van der Waals surface area contributed by atoms with Crippen LogP contribution in [0.5, 0.6) is 0 Å². The molecule has 0 saturated heterocycles. The fourth-order valence-corrected chi connectivity index (χ4v) is 2.55. The second-order valence-electron chi connectivity index (χ2n) is 5.41. The first kappa shape index (κ1) is 16.8. The van der Waals surface area contributed by atoms with E-state index in [1.165, 1.54) is 0 Å². The van der Waals surface area contributed by atoms with E-state index in [1.54, 1.807) is 36.8 Å². The molecule has 0 fully saturated rings. The fourth-order valence-electron chi connectivity index (χ4n) is 2.36. The van der Waals surface area contributed by atoms with Gasteiger partial charge in [0.1, 0.15) is 0 Å². The van der Waals surface area contributed by atoms with Gasteiger partial charge in [-0.2, -0.15) is 0 Å². The van der Waals surface area contributed by atoms with E-state index in [0.29, 0.717) is 22.9 Å². The zero-order valence-electron chi connectivity index (χ0n) is 13.2. The molecule has 0 aliphatic carbocycles. The summed E-state index contributed by atoms with van der Waals surface area (Å²) in [6, 6.07) is 14.5. The van der Waals surface area contributed by atoms with E-state index in [1.807, 2.05) is 28.8 Å². The lowest BCUT2D eigenvalue weighted by Gasteiger charge is -2.10. The lowest BCUT2D eigenvalue weighted by Crippen LogP contribution is -2.06. The molecule has 3 rings (SSSR count). The van der Waals surface area contributed by atoms with Crippen LogP contribution in [-0.2, 0) is 6.54 Å². The van der Waals surface area contributed by atoms with Crippen LogP contribution in [-0.4, -0.2) is 14.7 Å². The Bertz CT molecular complexity index is 974. The van der Waals surface area contributed by atoms with Gasteiger partial charge in [-0.3, -0.25) is 0 Å². The third-order valence-corrected chi connectivity index (χ3v) is 3.86. The molecule has 0 amide bonds. The van der Waals surface area contributed by atoms with E-state index in [9.17, 15) is 5.11 Å². The van der Waals surface area contributed by atoms with Gasteiger partial charge in [0.25, 0.3) is 0 Å².